The fourth-order valence-electron chi connectivity index (χ4n) is 4.02. The quantitative estimate of drug-likeness (QED) is 0.236. The number of hydrogen-bond donors (Lipinski definition) is 0. The first kappa shape index (κ1) is 21.5. The van der Waals surface area contributed by atoms with Crippen LogP contribution < -0.4 is 0 Å². The van der Waals surface area contributed by atoms with E-state index in [1.165, 1.54) is 0 Å². The SMILES string of the molecule is C[C@H]1N=C(c2ccccc2Cl)c2cc(C#C[Si](C)(C)C)ccc2-n2cnc(-c3ccco3)c21. The van der Waals surface area contributed by atoms with E-state index in [0.29, 0.717) is 5.02 Å². The van der Waals surface area contributed by atoms with E-state index in [-0.39, 0.29) is 6.04 Å². The second-order valence-corrected chi connectivity index (χ2v) is 14.3. The number of furan rings is 1. The van der Waals surface area contributed by atoms with Gasteiger partial charge in [-0.05, 0) is 43.3 Å². The van der Waals surface area contributed by atoms with E-state index in [0.717, 1.165) is 45.2 Å². The predicted molar refractivity (Wildman–Crippen MR) is 137 cm³/mol. The Balaban J connectivity index is 1.78. The summed E-state index contributed by atoms with van der Waals surface area (Å²) < 4.78 is 7.79. The Morgan fingerprint density at radius 2 is 1.85 bits per heavy atom. The Morgan fingerprint density at radius 3 is 2.58 bits per heavy atom. The number of fused-ring (bicyclic) bond motifs is 3. The number of imidazole rings is 1. The standard InChI is InChI=1S/C27H24ClN3OSi/c1-18-27-26(24-10-7-14-32-24)29-17-31(27)23-12-11-19(13-15-33(2,3)4)16-21(23)25(30-18)20-8-5-6-9-22(20)28/h5-12,14,16-18H,1-4H3/t18-/m1/s1. The van der Waals surface area contributed by atoms with Gasteiger partial charge in [0.05, 0.1) is 29.4 Å². The summed E-state index contributed by atoms with van der Waals surface area (Å²) in [5.41, 5.74) is 9.96. The summed E-state index contributed by atoms with van der Waals surface area (Å²) in [6, 6.07) is 17.8. The maximum atomic E-state index is 6.65. The molecular weight excluding hydrogens is 446 g/mol. The molecule has 4 nitrogen and oxygen atoms in total. The first-order valence-electron chi connectivity index (χ1n) is 10.9. The Bertz CT molecular complexity index is 1430. The lowest BCUT2D eigenvalue weighted by atomic mass is 9.98. The van der Waals surface area contributed by atoms with Crippen LogP contribution in [0.3, 0.4) is 0 Å². The number of aliphatic imine (C=N–C) groups is 1. The van der Waals surface area contributed by atoms with Crippen LogP contribution in [0.2, 0.25) is 24.7 Å². The smallest absolute Gasteiger partial charge is 0.154 e. The monoisotopic (exact) mass is 469 g/mol. The highest BCUT2D eigenvalue weighted by Gasteiger charge is 2.28. The third-order valence-corrected chi connectivity index (χ3v) is 6.70. The van der Waals surface area contributed by atoms with Crippen LogP contribution in [0.25, 0.3) is 17.1 Å². The van der Waals surface area contributed by atoms with E-state index in [2.05, 4.69) is 65.8 Å². The molecule has 0 amide bonds. The van der Waals surface area contributed by atoms with Gasteiger partial charge in [0.25, 0.3) is 0 Å². The minimum absolute atomic E-state index is 0.164. The molecule has 2 aromatic carbocycles. The summed E-state index contributed by atoms with van der Waals surface area (Å²) in [5.74, 6) is 4.12. The van der Waals surface area contributed by atoms with Crippen molar-refractivity contribution in [1.29, 1.82) is 0 Å². The van der Waals surface area contributed by atoms with Crippen LogP contribution in [0.4, 0.5) is 0 Å². The molecule has 0 fully saturated rings. The van der Waals surface area contributed by atoms with Gasteiger partial charge >= 0.3 is 0 Å². The molecule has 1 aliphatic heterocycles. The van der Waals surface area contributed by atoms with Crippen molar-refractivity contribution in [3.63, 3.8) is 0 Å². The van der Waals surface area contributed by atoms with Gasteiger partial charge in [0.15, 0.2) is 5.76 Å². The zero-order chi connectivity index (χ0) is 23.2. The minimum atomic E-state index is -1.51. The van der Waals surface area contributed by atoms with E-state index in [1.807, 2.05) is 42.7 Å². The van der Waals surface area contributed by atoms with Crippen LogP contribution in [-0.2, 0) is 0 Å². The molecule has 1 aliphatic rings. The topological polar surface area (TPSA) is 43.3 Å². The van der Waals surface area contributed by atoms with Gasteiger partial charge in [-0.2, -0.15) is 0 Å². The summed E-state index contributed by atoms with van der Waals surface area (Å²) in [6.07, 6.45) is 3.51. The van der Waals surface area contributed by atoms with Crippen molar-refractivity contribution in [3.05, 3.63) is 94.6 Å². The van der Waals surface area contributed by atoms with Crippen LogP contribution in [0, 0.1) is 11.5 Å². The average molecular weight is 470 g/mol. The Hall–Kier alpha value is -3.33. The number of nitrogens with zero attached hydrogens (tertiary/aromatic N) is 3. The van der Waals surface area contributed by atoms with Crippen molar-refractivity contribution in [2.45, 2.75) is 32.6 Å². The van der Waals surface area contributed by atoms with E-state index >= 15 is 0 Å². The molecular formula is C27H24ClN3OSi. The van der Waals surface area contributed by atoms with Gasteiger partial charge in [-0.3, -0.25) is 9.56 Å². The van der Waals surface area contributed by atoms with Gasteiger partial charge < -0.3 is 4.42 Å². The van der Waals surface area contributed by atoms with Gasteiger partial charge in [0.1, 0.15) is 20.1 Å². The molecule has 164 valence electrons. The average Bonchev–Trinajstić information content (AvgIpc) is 3.44. The molecule has 3 heterocycles. The fraction of sp³-hybridized carbons (Fsp3) is 0.185. The van der Waals surface area contributed by atoms with E-state index < -0.39 is 8.07 Å². The normalized spacial score (nSPS) is 15.1. The number of benzene rings is 2. The summed E-state index contributed by atoms with van der Waals surface area (Å²) in [6.45, 7) is 8.82. The van der Waals surface area contributed by atoms with Gasteiger partial charge in [-0.1, -0.05) is 55.4 Å². The van der Waals surface area contributed by atoms with Gasteiger partial charge in [-0.15, -0.1) is 5.54 Å². The van der Waals surface area contributed by atoms with Crippen LogP contribution in [0.15, 0.2) is 76.6 Å². The van der Waals surface area contributed by atoms with Crippen LogP contribution in [0.1, 0.15) is 35.3 Å². The first-order chi connectivity index (χ1) is 15.8. The molecule has 0 unspecified atom stereocenters. The molecule has 0 aliphatic carbocycles. The number of rotatable bonds is 2. The molecule has 2 aromatic heterocycles. The Labute approximate surface area is 200 Å². The third-order valence-electron chi connectivity index (χ3n) is 5.50. The van der Waals surface area contributed by atoms with Crippen molar-refractivity contribution in [1.82, 2.24) is 9.55 Å². The highest BCUT2D eigenvalue weighted by atomic mass is 35.5. The summed E-state index contributed by atoms with van der Waals surface area (Å²) in [4.78, 5) is 9.86. The minimum Gasteiger partial charge on any atom is -0.463 e. The summed E-state index contributed by atoms with van der Waals surface area (Å²) in [7, 11) is -1.51. The first-order valence-corrected chi connectivity index (χ1v) is 14.8. The van der Waals surface area contributed by atoms with E-state index in [4.69, 9.17) is 21.0 Å². The number of aromatic nitrogens is 2. The lowest BCUT2D eigenvalue weighted by molar-refractivity contribution is 0.578. The van der Waals surface area contributed by atoms with Crippen molar-refractivity contribution >= 4 is 25.4 Å². The molecule has 33 heavy (non-hydrogen) atoms. The van der Waals surface area contributed by atoms with E-state index in [9.17, 15) is 0 Å². The molecule has 5 rings (SSSR count). The van der Waals surface area contributed by atoms with Gasteiger partial charge in [-0.25, -0.2) is 4.98 Å². The second kappa shape index (κ2) is 8.22. The molecule has 4 aromatic rings. The lowest BCUT2D eigenvalue weighted by Gasteiger charge is -2.13. The number of halogens is 1. The van der Waals surface area contributed by atoms with Crippen molar-refractivity contribution < 1.29 is 4.42 Å². The third kappa shape index (κ3) is 4.08. The second-order valence-electron chi connectivity index (χ2n) is 9.19. The van der Waals surface area contributed by atoms with Crippen molar-refractivity contribution in [2.24, 2.45) is 4.99 Å². The molecule has 0 radical (unpaired) electrons. The Morgan fingerprint density at radius 1 is 1.03 bits per heavy atom. The molecule has 0 bridgehead atoms. The molecule has 0 N–H and O–H groups in total. The van der Waals surface area contributed by atoms with Gasteiger partial charge in [0, 0.05) is 21.7 Å². The largest absolute Gasteiger partial charge is 0.463 e. The summed E-state index contributed by atoms with van der Waals surface area (Å²) in [5, 5.41) is 0.670. The maximum absolute atomic E-state index is 6.65. The lowest BCUT2D eigenvalue weighted by Crippen LogP contribution is -2.16. The zero-order valence-electron chi connectivity index (χ0n) is 19.1. The zero-order valence-corrected chi connectivity index (χ0v) is 20.8. The highest BCUT2D eigenvalue weighted by Crippen LogP contribution is 2.37. The molecule has 0 saturated heterocycles. The predicted octanol–water partition coefficient (Wildman–Crippen LogP) is 6.93. The van der Waals surface area contributed by atoms with Crippen LogP contribution in [0.5, 0.6) is 0 Å². The molecule has 6 heteroatoms. The van der Waals surface area contributed by atoms with Crippen molar-refractivity contribution in [3.8, 4) is 28.6 Å². The maximum Gasteiger partial charge on any atom is 0.154 e. The number of hydrogen-bond acceptors (Lipinski definition) is 3. The van der Waals surface area contributed by atoms with Crippen LogP contribution >= 0.6 is 11.6 Å². The Kier molecular flexibility index (Phi) is 5.36. The molecule has 0 spiro atoms. The van der Waals surface area contributed by atoms with Crippen molar-refractivity contribution in [2.75, 3.05) is 0 Å². The van der Waals surface area contributed by atoms with E-state index in [1.54, 1.807) is 6.26 Å². The molecule has 1 atom stereocenters. The summed E-state index contributed by atoms with van der Waals surface area (Å²) >= 11 is 6.65. The van der Waals surface area contributed by atoms with Crippen LogP contribution in [-0.4, -0.2) is 23.3 Å². The highest BCUT2D eigenvalue weighted by molar-refractivity contribution is 6.83. The fourth-order valence-corrected chi connectivity index (χ4v) is 4.76. The van der Waals surface area contributed by atoms with Gasteiger partial charge in [0.2, 0.25) is 0 Å². The molecule has 0 saturated carbocycles.